The van der Waals surface area contributed by atoms with Gasteiger partial charge in [0.2, 0.25) is 0 Å². The first-order chi connectivity index (χ1) is 13.1. The van der Waals surface area contributed by atoms with Gasteiger partial charge in [0, 0.05) is 22.3 Å². The van der Waals surface area contributed by atoms with Crippen LogP contribution in [0.15, 0.2) is 65.5 Å². The smallest absolute Gasteiger partial charge is 0.0979 e. The number of anilines is 1. The molecule has 0 spiro atoms. The molecule has 1 unspecified atom stereocenters. The first kappa shape index (κ1) is 16.4. The molecule has 2 heterocycles. The minimum Gasteiger partial charge on any atom is -0.399 e. The maximum absolute atomic E-state index is 9.97. The van der Waals surface area contributed by atoms with Crippen LogP contribution in [0.5, 0.6) is 0 Å². The Morgan fingerprint density at radius 3 is 2.63 bits per heavy atom. The van der Waals surface area contributed by atoms with Gasteiger partial charge < -0.3 is 11.1 Å². The average molecular weight is 352 g/mol. The molecule has 1 aliphatic rings. The van der Waals surface area contributed by atoms with Gasteiger partial charge in [-0.3, -0.25) is 5.10 Å². The van der Waals surface area contributed by atoms with E-state index < -0.39 is 5.92 Å². The number of nitrogens with two attached hydrogens (primary N) is 1. The van der Waals surface area contributed by atoms with E-state index in [1.165, 1.54) is 0 Å². The molecule has 0 fully saturated rings. The molecule has 130 valence electrons. The molecule has 4 N–H and O–H groups in total. The molecule has 27 heavy (non-hydrogen) atoms. The van der Waals surface area contributed by atoms with Crippen LogP contribution >= 0.6 is 0 Å². The van der Waals surface area contributed by atoms with Crippen molar-refractivity contribution in [2.45, 2.75) is 12.8 Å². The molecule has 1 aliphatic heterocycles. The molecular formula is C21H16N6. The van der Waals surface area contributed by atoms with Crippen LogP contribution in [0.4, 0.5) is 5.69 Å². The van der Waals surface area contributed by atoms with Crippen molar-refractivity contribution in [1.82, 2.24) is 15.5 Å². The summed E-state index contributed by atoms with van der Waals surface area (Å²) in [5.41, 5.74) is 11.6. The highest BCUT2D eigenvalue weighted by atomic mass is 15.1. The van der Waals surface area contributed by atoms with Crippen LogP contribution in [0.2, 0.25) is 0 Å². The van der Waals surface area contributed by atoms with E-state index in [1.54, 1.807) is 12.3 Å². The van der Waals surface area contributed by atoms with Gasteiger partial charge in [0.1, 0.15) is 0 Å². The maximum atomic E-state index is 9.97. The molecule has 2 aromatic carbocycles. The summed E-state index contributed by atoms with van der Waals surface area (Å²) in [6.45, 7) is 1.85. The third kappa shape index (κ3) is 2.70. The van der Waals surface area contributed by atoms with Gasteiger partial charge in [-0.05, 0) is 36.8 Å². The number of nitriles is 2. The Bertz CT molecular complexity index is 1200. The van der Waals surface area contributed by atoms with E-state index in [9.17, 15) is 10.5 Å². The number of nitrogens with one attached hydrogen (secondary N) is 2. The zero-order valence-corrected chi connectivity index (χ0v) is 14.6. The van der Waals surface area contributed by atoms with Gasteiger partial charge in [-0.1, -0.05) is 18.2 Å². The Kier molecular flexibility index (Phi) is 3.87. The van der Waals surface area contributed by atoms with Gasteiger partial charge in [0.15, 0.2) is 0 Å². The lowest BCUT2D eigenvalue weighted by molar-refractivity contribution is 0.880. The summed E-state index contributed by atoms with van der Waals surface area (Å²) in [4.78, 5) is 0. The summed E-state index contributed by atoms with van der Waals surface area (Å²) >= 11 is 0. The van der Waals surface area contributed by atoms with Crippen LogP contribution in [0.3, 0.4) is 0 Å². The van der Waals surface area contributed by atoms with Crippen molar-refractivity contribution in [1.29, 1.82) is 10.5 Å². The molecular weight excluding hydrogens is 336 g/mol. The number of dihydropyridines is 1. The fourth-order valence-corrected chi connectivity index (χ4v) is 3.49. The Morgan fingerprint density at radius 1 is 1.07 bits per heavy atom. The van der Waals surface area contributed by atoms with Gasteiger partial charge in [0.05, 0.1) is 46.6 Å². The van der Waals surface area contributed by atoms with Crippen molar-refractivity contribution in [2.24, 2.45) is 0 Å². The number of allylic oxidation sites excluding steroid dienone is 3. The predicted molar refractivity (Wildman–Crippen MR) is 104 cm³/mol. The second-order valence-corrected chi connectivity index (χ2v) is 6.45. The third-order valence-corrected chi connectivity index (χ3v) is 4.78. The van der Waals surface area contributed by atoms with Gasteiger partial charge in [-0.15, -0.1) is 0 Å². The predicted octanol–water partition coefficient (Wildman–Crippen LogP) is 3.56. The van der Waals surface area contributed by atoms with Gasteiger partial charge >= 0.3 is 0 Å². The first-order valence-electron chi connectivity index (χ1n) is 8.43. The number of aromatic nitrogens is 2. The summed E-state index contributed by atoms with van der Waals surface area (Å²) in [7, 11) is 0. The number of nitrogen functional groups attached to an aromatic ring is 1. The SMILES string of the molecule is CC1=C(C#N)C(c2ccc3[nH]ncc3c2)C(C#N)=C(c2cccc(N)c2)N1. The zero-order valence-electron chi connectivity index (χ0n) is 14.6. The number of fused-ring (bicyclic) bond motifs is 1. The van der Waals surface area contributed by atoms with Crippen molar-refractivity contribution in [3.63, 3.8) is 0 Å². The molecule has 0 amide bonds. The number of H-pyrrole nitrogens is 1. The summed E-state index contributed by atoms with van der Waals surface area (Å²) in [6, 6.07) is 17.8. The number of hydrogen-bond donors (Lipinski definition) is 3. The minimum atomic E-state index is -0.447. The molecule has 0 radical (unpaired) electrons. The quantitative estimate of drug-likeness (QED) is 0.610. The number of hydrogen-bond acceptors (Lipinski definition) is 5. The number of rotatable bonds is 2. The van der Waals surface area contributed by atoms with Crippen LogP contribution in [0.25, 0.3) is 16.6 Å². The Balaban J connectivity index is 1.95. The van der Waals surface area contributed by atoms with Crippen molar-refractivity contribution < 1.29 is 0 Å². The van der Waals surface area contributed by atoms with E-state index >= 15 is 0 Å². The lowest BCUT2D eigenvalue weighted by Gasteiger charge is -2.28. The van der Waals surface area contributed by atoms with Crippen LogP contribution in [-0.2, 0) is 0 Å². The highest BCUT2D eigenvalue weighted by molar-refractivity contribution is 5.82. The second-order valence-electron chi connectivity index (χ2n) is 6.45. The summed E-state index contributed by atoms with van der Waals surface area (Å²) in [5.74, 6) is -0.447. The minimum absolute atomic E-state index is 0.447. The van der Waals surface area contributed by atoms with E-state index in [0.29, 0.717) is 22.5 Å². The van der Waals surface area contributed by atoms with Crippen LogP contribution < -0.4 is 11.1 Å². The Labute approximate surface area is 156 Å². The highest BCUT2D eigenvalue weighted by Gasteiger charge is 2.31. The number of nitrogens with zero attached hydrogens (tertiary/aromatic N) is 3. The molecule has 1 atom stereocenters. The second kappa shape index (κ2) is 6.36. The highest BCUT2D eigenvalue weighted by Crippen LogP contribution is 2.40. The fourth-order valence-electron chi connectivity index (χ4n) is 3.49. The van der Waals surface area contributed by atoms with Crippen molar-refractivity contribution in [2.75, 3.05) is 5.73 Å². The van der Waals surface area contributed by atoms with Crippen LogP contribution in [0.1, 0.15) is 24.0 Å². The Morgan fingerprint density at radius 2 is 1.89 bits per heavy atom. The maximum Gasteiger partial charge on any atom is 0.0979 e. The molecule has 3 aromatic rings. The Hall–Kier alpha value is -4.03. The van der Waals surface area contributed by atoms with Gasteiger partial charge in [-0.2, -0.15) is 15.6 Å². The molecule has 0 saturated carbocycles. The number of aromatic amines is 1. The summed E-state index contributed by atoms with van der Waals surface area (Å²) in [5, 5.41) is 30.9. The van der Waals surface area contributed by atoms with E-state index in [4.69, 9.17) is 5.73 Å². The summed E-state index contributed by atoms with van der Waals surface area (Å²) in [6.07, 6.45) is 1.73. The molecule has 6 heteroatoms. The standard InChI is InChI=1S/C21H16N6/c1-12-17(9-22)20(13-5-6-19-15(7-13)11-25-27-19)18(10-23)21(26-12)14-3-2-4-16(24)8-14/h2-8,11,20,26H,24H2,1H3,(H,25,27). The molecule has 0 saturated heterocycles. The van der Waals surface area contributed by atoms with Crippen molar-refractivity contribution >= 4 is 22.3 Å². The number of benzene rings is 2. The van der Waals surface area contributed by atoms with Gasteiger partial charge in [0.25, 0.3) is 0 Å². The lowest BCUT2D eigenvalue weighted by Crippen LogP contribution is -2.24. The average Bonchev–Trinajstić information content (AvgIpc) is 3.14. The van der Waals surface area contributed by atoms with Gasteiger partial charge in [-0.25, -0.2) is 0 Å². The molecule has 0 bridgehead atoms. The van der Waals surface area contributed by atoms with Crippen molar-refractivity contribution in [3.05, 3.63) is 76.6 Å². The third-order valence-electron chi connectivity index (χ3n) is 4.78. The van der Waals surface area contributed by atoms with E-state index in [-0.39, 0.29) is 0 Å². The van der Waals surface area contributed by atoms with Crippen molar-refractivity contribution in [3.8, 4) is 12.1 Å². The topological polar surface area (TPSA) is 114 Å². The summed E-state index contributed by atoms with van der Waals surface area (Å²) < 4.78 is 0. The van der Waals surface area contributed by atoms with E-state index in [1.807, 2.05) is 43.3 Å². The molecule has 4 rings (SSSR count). The van der Waals surface area contributed by atoms with E-state index in [0.717, 1.165) is 27.7 Å². The normalized spacial score (nSPS) is 16.8. The first-order valence-corrected chi connectivity index (χ1v) is 8.43. The molecule has 6 nitrogen and oxygen atoms in total. The lowest BCUT2D eigenvalue weighted by atomic mass is 9.80. The van der Waals surface area contributed by atoms with Crippen LogP contribution in [-0.4, -0.2) is 10.2 Å². The fraction of sp³-hybridized carbons (Fsp3) is 0.0952. The van der Waals surface area contributed by atoms with E-state index in [2.05, 4.69) is 27.7 Å². The zero-order chi connectivity index (χ0) is 19.0. The van der Waals surface area contributed by atoms with Crippen LogP contribution in [0, 0.1) is 22.7 Å². The largest absolute Gasteiger partial charge is 0.399 e. The monoisotopic (exact) mass is 352 g/mol. The molecule has 1 aromatic heterocycles. The molecule has 0 aliphatic carbocycles.